The van der Waals surface area contributed by atoms with Gasteiger partial charge >= 0.3 is 0 Å². The summed E-state index contributed by atoms with van der Waals surface area (Å²) in [6.45, 7) is 4.56. The van der Waals surface area contributed by atoms with Gasteiger partial charge in [0.15, 0.2) is 0 Å². The third-order valence-electron chi connectivity index (χ3n) is 5.74. The third-order valence-corrected chi connectivity index (χ3v) is 5.74. The SMILES string of the molecule is CC(C)[C@@H]1N[C@H](CCc2ccccc2)OC1(c1ccccc1)c1ccccc1. The van der Waals surface area contributed by atoms with E-state index >= 15 is 0 Å². The third kappa shape index (κ3) is 3.63. The summed E-state index contributed by atoms with van der Waals surface area (Å²) in [5.41, 5.74) is 3.31. The number of aryl methyl sites for hydroxylation is 1. The molecule has 0 spiro atoms. The van der Waals surface area contributed by atoms with Gasteiger partial charge < -0.3 is 4.74 Å². The van der Waals surface area contributed by atoms with Gasteiger partial charge in [-0.15, -0.1) is 0 Å². The van der Waals surface area contributed by atoms with Gasteiger partial charge in [-0.25, -0.2) is 0 Å². The maximum atomic E-state index is 6.91. The van der Waals surface area contributed by atoms with E-state index in [1.807, 2.05) is 0 Å². The first-order valence-corrected chi connectivity index (χ1v) is 10.3. The Hall–Kier alpha value is -2.42. The molecule has 0 radical (unpaired) electrons. The van der Waals surface area contributed by atoms with Crippen LogP contribution in [0.15, 0.2) is 91.0 Å². The molecule has 1 aliphatic rings. The molecule has 0 aromatic heterocycles. The molecule has 3 aromatic carbocycles. The fourth-order valence-corrected chi connectivity index (χ4v) is 4.43. The van der Waals surface area contributed by atoms with Crippen molar-refractivity contribution in [2.75, 3.05) is 0 Å². The van der Waals surface area contributed by atoms with Gasteiger partial charge in [-0.1, -0.05) is 105 Å². The Bertz CT molecular complexity index is 821. The molecule has 0 amide bonds. The van der Waals surface area contributed by atoms with Crippen LogP contribution in [0.4, 0.5) is 0 Å². The van der Waals surface area contributed by atoms with Crippen LogP contribution in [0, 0.1) is 5.92 Å². The van der Waals surface area contributed by atoms with Crippen molar-refractivity contribution < 1.29 is 4.74 Å². The number of benzene rings is 3. The molecule has 28 heavy (non-hydrogen) atoms. The summed E-state index contributed by atoms with van der Waals surface area (Å²) in [7, 11) is 0. The van der Waals surface area contributed by atoms with E-state index in [1.54, 1.807) is 0 Å². The van der Waals surface area contributed by atoms with Crippen LogP contribution >= 0.6 is 0 Å². The monoisotopic (exact) mass is 371 g/mol. The summed E-state index contributed by atoms with van der Waals surface area (Å²) in [5.74, 6) is 0.433. The lowest BCUT2D eigenvalue weighted by molar-refractivity contribution is -0.0311. The molecule has 0 bridgehead atoms. The van der Waals surface area contributed by atoms with Crippen molar-refractivity contribution in [2.24, 2.45) is 5.92 Å². The minimum absolute atomic E-state index is 0.0213. The summed E-state index contributed by atoms with van der Waals surface area (Å²) >= 11 is 0. The summed E-state index contributed by atoms with van der Waals surface area (Å²) in [6.07, 6.45) is 1.98. The minimum atomic E-state index is -0.474. The van der Waals surface area contributed by atoms with Crippen LogP contribution in [-0.4, -0.2) is 12.3 Å². The molecule has 2 heteroatoms. The summed E-state index contributed by atoms with van der Waals surface area (Å²) in [5, 5.41) is 3.83. The van der Waals surface area contributed by atoms with E-state index in [2.05, 4.69) is 110 Å². The Morgan fingerprint density at radius 3 is 1.79 bits per heavy atom. The van der Waals surface area contributed by atoms with Gasteiger partial charge in [0.1, 0.15) is 11.8 Å². The maximum absolute atomic E-state index is 6.91. The normalized spacial score (nSPS) is 21.1. The van der Waals surface area contributed by atoms with Gasteiger partial charge in [-0.05, 0) is 35.4 Å². The average Bonchev–Trinajstić information content (AvgIpc) is 3.15. The van der Waals surface area contributed by atoms with Crippen molar-refractivity contribution >= 4 is 0 Å². The van der Waals surface area contributed by atoms with Crippen LogP contribution in [0.5, 0.6) is 0 Å². The van der Waals surface area contributed by atoms with Crippen LogP contribution in [0.2, 0.25) is 0 Å². The highest BCUT2D eigenvalue weighted by Crippen LogP contribution is 2.44. The standard InChI is InChI=1S/C26H29NO/c1-20(2)25-26(22-14-8-4-9-15-22,23-16-10-5-11-17-23)28-24(27-25)19-18-21-12-6-3-7-13-21/h3-17,20,24-25,27H,18-19H2,1-2H3/t24-,25-/m0/s1. The van der Waals surface area contributed by atoms with E-state index in [0.717, 1.165) is 12.8 Å². The van der Waals surface area contributed by atoms with Gasteiger partial charge in [0, 0.05) is 6.04 Å². The largest absolute Gasteiger partial charge is 0.346 e. The first kappa shape index (κ1) is 18.9. The molecule has 1 aliphatic heterocycles. The molecular weight excluding hydrogens is 342 g/mol. The predicted molar refractivity (Wildman–Crippen MR) is 115 cm³/mol. The highest BCUT2D eigenvalue weighted by Gasteiger charge is 2.51. The molecular formula is C26H29NO. The second kappa shape index (κ2) is 8.30. The van der Waals surface area contributed by atoms with Crippen LogP contribution in [0.1, 0.15) is 37.0 Å². The molecule has 0 saturated carbocycles. The van der Waals surface area contributed by atoms with Gasteiger partial charge in [0.05, 0.1) is 0 Å². The summed E-state index contributed by atoms with van der Waals surface area (Å²) < 4.78 is 6.91. The van der Waals surface area contributed by atoms with E-state index in [1.165, 1.54) is 16.7 Å². The lowest BCUT2D eigenvalue weighted by atomic mass is 9.76. The molecule has 2 nitrogen and oxygen atoms in total. The number of ether oxygens (including phenoxy) is 1. The van der Waals surface area contributed by atoms with E-state index in [4.69, 9.17) is 4.74 Å². The smallest absolute Gasteiger partial charge is 0.136 e. The van der Waals surface area contributed by atoms with Crippen LogP contribution in [0.3, 0.4) is 0 Å². The van der Waals surface area contributed by atoms with Crippen molar-refractivity contribution in [3.63, 3.8) is 0 Å². The van der Waals surface area contributed by atoms with E-state index in [-0.39, 0.29) is 12.3 Å². The van der Waals surface area contributed by atoms with Crippen LogP contribution in [-0.2, 0) is 16.8 Å². The summed E-state index contributed by atoms with van der Waals surface area (Å²) in [4.78, 5) is 0. The Morgan fingerprint density at radius 2 is 1.29 bits per heavy atom. The molecule has 0 unspecified atom stereocenters. The fourth-order valence-electron chi connectivity index (χ4n) is 4.43. The van der Waals surface area contributed by atoms with E-state index < -0.39 is 5.60 Å². The van der Waals surface area contributed by atoms with Crippen molar-refractivity contribution in [3.8, 4) is 0 Å². The minimum Gasteiger partial charge on any atom is -0.346 e. The Balaban J connectivity index is 1.69. The highest BCUT2D eigenvalue weighted by atomic mass is 16.5. The Kier molecular flexibility index (Phi) is 5.61. The molecule has 3 aromatic rings. The zero-order valence-electron chi connectivity index (χ0n) is 16.7. The topological polar surface area (TPSA) is 21.3 Å². The first-order chi connectivity index (χ1) is 13.7. The Morgan fingerprint density at radius 1 is 0.786 bits per heavy atom. The maximum Gasteiger partial charge on any atom is 0.136 e. The molecule has 144 valence electrons. The van der Waals surface area contributed by atoms with Crippen molar-refractivity contribution in [2.45, 2.75) is 44.6 Å². The molecule has 1 saturated heterocycles. The molecule has 1 heterocycles. The summed E-state index contributed by atoms with van der Waals surface area (Å²) in [6, 6.07) is 32.2. The molecule has 1 N–H and O–H groups in total. The van der Waals surface area contributed by atoms with Gasteiger partial charge in [0.2, 0.25) is 0 Å². The average molecular weight is 372 g/mol. The molecule has 0 aliphatic carbocycles. The lowest BCUT2D eigenvalue weighted by Crippen LogP contribution is -2.45. The Labute approximate surface area is 168 Å². The van der Waals surface area contributed by atoms with Gasteiger partial charge in [0.25, 0.3) is 0 Å². The molecule has 2 atom stereocenters. The van der Waals surface area contributed by atoms with E-state index in [9.17, 15) is 0 Å². The number of hydrogen-bond acceptors (Lipinski definition) is 2. The van der Waals surface area contributed by atoms with Crippen molar-refractivity contribution in [1.29, 1.82) is 0 Å². The lowest BCUT2D eigenvalue weighted by Gasteiger charge is -2.37. The number of hydrogen-bond donors (Lipinski definition) is 1. The fraction of sp³-hybridized carbons (Fsp3) is 0.308. The molecule has 1 fully saturated rings. The predicted octanol–water partition coefficient (Wildman–Crippen LogP) is 5.53. The van der Waals surface area contributed by atoms with Gasteiger partial charge in [-0.2, -0.15) is 0 Å². The van der Waals surface area contributed by atoms with E-state index in [0.29, 0.717) is 5.92 Å². The van der Waals surface area contributed by atoms with Crippen molar-refractivity contribution in [1.82, 2.24) is 5.32 Å². The second-order valence-corrected chi connectivity index (χ2v) is 7.99. The van der Waals surface area contributed by atoms with Crippen LogP contribution < -0.4 is 5.32 Å². The van der Waals surface area contributed by atoms with Crippen molar-refractivity contribution in [3.05, 3.63) is 108 Å². The number of nitrogens with one attached hydrogen (secondary N) is 1. The first-order valence-electron chi connectivity index (χ1n) is 10.3. The second-order valence-electron chi connectivity index (χ2n) is 7.99. The zero-order chi connectivity index (χ0) is 19.4. The quantitative estimate of drug-likeness (QED) is 0.615. The number of rotatable bonds is 6. The van der Waals surface area contributed by atoms with Gasteiger partial charge in [-0.3, -0.25) is 5.32 Å². The van der Waals surface area contributed by atoms with Crippen LogP contribution in [0.25, 0.3) is 0 Å². The zero-order valence-corrected chi connectivity index (χ0v) is 16.7. The highest BCUT2D eigenvalue weighted by molar-refractivity contribution is 5.40. The molecule has 4 rings (SSSR count).